The highest BCUT2D eigenvalue weighted by atomic mass is 79.9. The minimum atomic E-state index is -5.64. The molecule has 8 aliphatic rings. The quantitative estimate of drug-likeness (QED) is 0.0363. The van der Waals surface area contributed by atoms with Gasteiger partial charge >= 0.3 is 33.4 Å². The highest BCUT2D eigenvalue weighted by Crippen LogP contribution is 2.47. The molecule has 3 saturated heterocycles. The summed E-state index contributed by atoms with van der Waals surface area (Å²) in [6, 6.07) is 7.69. The minimum Gasteiger partial charge on any atom is -0.463 e. The molecular formula is C64H61Br3F6N12O12S6. The minimum absolute atomic E-state index is 0.0140. The summed E-state index contributed by atoms with van der Waals surface area (Å²) in [5.74, 6) is -1.86. The maximum Gasteiger partial charge on any atom is 0.511 e. The maximum atomic E-state index is 13.8. The van der Waals surface area contributed by atoms with Crippen molar-refractivity contribution in [1.29, 1.82) is 0 Å². The number of alkyl halides is 3. The molecule has 5 fully saturated rings. The number of hydrogen-bond donors (Lipinski definition) is 3. The van der Waals surface area contributed by atoms with Crippen LogP contribution in [0.15, 0.2) is 152 Å². The summed E-state index contributed by atoms with van der Waals surface area (Å²) < 4.78 is 179. The molecule has 2 aliphatic carbocycles. The number of carbonyl (C=O) groups excluding carboxylic acids is 3. The second-order valence-electron chi connectivity index (χ2n) is 24.1. The highest BCUT2D eigenvalue weighted by molar-refractivity contribution is 9.11. The van der Waals surface area contributed by atoms with E-state index in [1.165, 1.54) is 87.6 Å². The predicted molar refractivity (Wildman–Crippen MR) is 381 cm³/mol. The van der Waals surface area contributed by atoms with E-state index in [0.29, 0.717) is 131 Å². The number of nitrogens with zero attached hydrogens (tertiary/aromatic N) is 9. The van der Waals surface area contributed by atoms with Crippen molar-refractivity contribution in [1.82, 2.24) is 43.8 Å². The van der Waals surface area contributed by atoms with Crippen LogP contribution in [0.1, 0.15) is 116 Å². The first-order valence-corrected chi connectivity index (χ1v) is 41.5. The molecule has 6 atom stereocenters. The molecule has 0 spiro atoms. The van der Waals surface area contributed by atoms with Gasteiger partial charge in [-0.25, -0.2) is 81.9 Å². The third kappa shape index (κ3) is 16.5. The molecule has 3 N–H and O–H groups in total. The van der Waals surface area contributed by atoms with Crippen LogP contribution in [0.5, 0.6) is 0 Å². The normalized spacial score (nSPS) is 21.9. The molecule has 6 aromatic rings. The number of sulfonamides is 3. The van der Waals surface area contributed by atoms with Crippen molar-refractivity contribution in [3.05, 3.63) is 186 Å². The molecule has 9 heterocycles. The van der Waals surface area contributed by atoms with Gasteiger partial charge < -0.3 is 28.9 Å². The number of carbonyl (C=O) groups is 3. The first-order valence-electron chi connectivity index (χ1n) is 31.9. The number of hydrogen-bond acceptors (Lipinski definition) is 24. The molecule has 103 heavy (non-hydrogen) atoms. The zero-order valence-electron chi connectivity index (χ0n) is 54.2. The van der Waals surface area contributed by atoms with Crippen LogP contribution in [-0.4, -0.2) is 164 Å². The number of esters is 3. The van der Waals surface area contributed by atoms with Gasteiger partial charge in [-0.3, -0.25) is 15.0 Å². The van der Waals surface area contributed by atoms with Gasteiger partial charge in [-0.1, -0.05) is 66.0 Å². The zero-order chi connectivity index (χ0) is 73.6. The van der Waals surface area contributed by atoms with Crippen molar-refractivity contribution < 1.29 is 80.2 Å². The summed E-state index contributed by atoms with van der Waals surface area (Å²) in [5.41, 5.74) is -1.68. The van der Waals surface area contributed by atoms with Crippen molar-refractivity contribution in [2.75, 3.05) is 39.5 Å². The number of ether oxygens (including phenoxy) is 3. The Morgan fingerprint density at radius 1 is 0.495 bits per heavy atom. The summed E-state index contributed by atoms with van der Waals surface area (Å²) in [6.07, 6.45) is 7.87. The molecule has 548 valence electrons. The second-order valence-corrected chi connectivity index (χ2v) is 35.1. The van der Waals surface area contributed by atoms with Gasteiger partial charge in [-0.2, -0.15) is 13.2 Å². The van der Waals surface area contributed by atoms with E-state index in [9.17, 15) is 66.0 Å². The lowest BCUT2D eigenvalue weighted by Crippen LogP contribution is -2.44. The molecule has 0 bridgehead atoms. The van der Waals surface area contributed by atoms with E-state index in [1.807, 2.05) is 20.6 Å². The van der Waals surface area contributed by atoms with E-state index in [-0.39, 0.29) is 60.4 Å². The summed E-state index contributed by atoms with van der Waals surface area (Å²) >= 11 is 14.1. The van der Waals surface area contributed by atoms with Gasteiger partial charge in [0, 0.05) is 122 Å². The highest BCUT2D eigenvalue weighted by Gasteiger charge is 2.52. The number of nitrogens with one attached hydrogen (secondary N) is 3. The van der Waals surface area contributed by atoms with Gasteiger partial charge in [0.15, 0.2) is 32.5 Å². The number of benzene rings is 3. The Kier molecular flexibility index (Phi) is 22.9. The molecular weight excluding hydrogens is 1670 g/mol. The van der Waals surface area contributed by atoms with Crippen LogP contribution in [0.4, 0.5) is 26.3 Å². The standard InChI is InChI=1S/2C22H22BrFN4O4S2.C20H17BrF4N4O4S2/c2*1-2-32-22(29)18-17-10-13(27-34(30,31)14-4-5-14)11-28(17)20(21-25-7-8-33-21)26-19(18)15-6-3-12(24)9-16(15)23;1-2-33-19(30)15-14-8-11(28-35(31,32)20(23,24)25)9-29(14)17(18-26-5-6-34-18)27-16(15)12-4-3-10(22)7-13(12)21/h2*3,6-9,13-14,19,27H,2,4-5,10-11H2,1H3;3-7,11,16,28H,2,8-9H2,1H3/t13-,19+;13-,19-;11-,16+/m101/s1. The Labute approximate surface area is 624 Å². The molecule has 3 aromatic heterocycles. The van der Waals surface area contributed by atoms with E-state index < -0.39 is 107 Å². The van der Waals surface area contributed by atoms with Gasteiger partial charge in [0.2, 0.25) is 20.0 Å². The van der Waals surface area contributed by atoms with Crippen molar-refractivity contribution in [2.24, 2.45) is 15.0 Å². The van der Waals surface area contributed by atoms with Crippen molar-refractivity contribution >= 4 is 147 Å². The Hall–Kier alpha value is -6.66. The molecule has 14 rings (SSSR count). The third-order valence-electron chi connectivity index (χ3n) is 17.1. The fourth-order valence-corrected chi connectivity index (χ4v) is 20.0. The lowest BCUT2D eigenvalue weighted by molar-refractivity contribution is -0.140. The molecule has 24 nitrogen and oxygen atoms in total. The summed E-state index contributed by atoms with van der Waals surface area (Å²) in [5, 5.41) is 6.34. The largest absolute Gasteiger partial charge is 0.511 e. The van der Waals surface area contributed by atoms with Crippen molar-refractivity contribution in [2.45, 2.75) is 118 Å². The van der Waals surface area contributed by atoms with E-state index in [1.54, 1.807) is 55.4 Å². The van der Waals surface area contributed by atoms with Crippen molar-refractivity contribution in [3.8, 4) is 0 Å². The SMILES string of the molecule is CCOC(=O)C1=C2C[C@@H](NS(=O)(=O)C(F)(F)F)CN2C(c2nccs2)=N[C@H]1c1ccc(F)cc1Br.CCOC(=O)C1=C2C[C@@H](NS(=O)(=O)C3CC3)CN2C(c2nccs2)=N[C@H]1c1ccc(F)cc1Br.CCOC(=O)C1=C2C[C@H](NS(=O)(=O)C3CC3)CN2C(c2nccs2)=N[C@H]1c1ccc(F)cc1Br. The van der Waals surface area contributed by atoms with Crippen LogP contribution in [0.2, 0.25) is 0 Å². The van der Waals surface area contributed by atoms with Crippen LogP contribution < -0.4 is 14.2 Å². The Bertz CT molecular complexity index is 4650. The van der Waals surface area contributed by atoms with Crippen molar-refractivity contribution in [3.63, 3.8) is 0 Å². The number of thiazole rings is 3. The predicted octanol–water partition coefficient (Wildman–Crippen LogP) is 10.9. The van der Waals surface area contributed by atoms with Gasteiger partial charge in [0.25, 0.3) is 0 Å². The Balaban J connectivity index is 0.000000146. The lowest BCUT2D eigenvalue weighted by atomic mass is 9.94. The number of aliphatic imine (C=N–C) groups is 3. The van der Waals surface area contributed by atoms with E-state index in [4.69, 9.17) is 24.2 Å². The molecule has 0 unspecified atom stereocenters. The number of amidine groups is 3. The zero-order valence-corrected chi connectivity index (χ0v) is 63.9. The van der Waals surface area contributed by atoms with Crippen LogP contribution in [0.25, 0.3) is 0 Å². The number of fused-ring (bicyclic) bond motifs is 3. The van der Waals surface area contributed by atoms with Crippen LogP contribution >= 0.6 is 81.8 Å². The fourth-order valence-electron chi connectivity index (χ4n) is 12.5. The number of rotatable bonds is 20. The first kappa shape index (κ1) is 76.0. The van der Waals surface area contributed by atoms with Crippen LogP contribution in [-0.2, 0) is 58.7 Å². The molecule has 2 saturated carbocycles. The van der Waals surface area contributed by atoms with E-state index in [0.717, 1.165) is 0 Å². The van der Waals surface area contributed by atoms with Gasteiger partial charge in [0.05, 0.1) is 47.0 Å². The van der Waals surface area contributed by atoms with E-state index in [2.05, 4.69) is 77.2 Å². The summed E-state index contributed by atoms with van der Waals surface area (Å²) in [6.45, 7) is 5.81. The third-order valence-corrected chi connectivity index (χ3v) is 26.8. The van der Waals surface area contributed by atoms with Crippen LogP contribution in [0, 0.1) is 17.5 Å². The fraction of sp³-hybridized carbons (Fsp3) is 0.391. The van der Waals surface area contributed by atoms with Gasteiger partial charge in [-0.05, 0) is 99.5 Å². The Morgan fingerprint density at radius 2 is 0.786 bits per heavy atom. The van der Waals surface area contributed by atoms with E-state index >= 15 is 0 Å². The molecule has 0 amide bonds. The molecule has 39 heteroatoms. The first-order chi connectivity index (χ1) is 49.0. The average Bonchev–Trinajstić information content (AvgIpc) is 1.67. The average molecular weight is 1740 g/mol. The van der Waals surface area contributed by atoms with Gasteiger partial charge in [0.1, 0.15) is 35.6 Å². The second kappa shape index (κ2) is 31.0. The summed E-state index contributed by atoms with van der Waals surface area (Å²) in [7, 11) is -12.5. The molecule has 6 aliphatic heterocycles. The lowest BCUT2D eigenvalue weighted by Gasteiger charge is -2.31. The smallest absolute Gasteiger partial charge is 0.463 e. The van der Waals surface area contributed by atoms with Gasteiger partial charge in [-0.15, -0.1) is 34.0 Å². The topological polar surface area (TPSA) is 303 Å². The monoisotopic (exact) mass is 1730 g/mol. The molecule has 3 aromatic carbocycles. The number of halogens is 9. The Morgan fingerprint density at radius 3 is 1.03 bits per heavy atom. The summed E-state index contributed by atoms with van der Waals surface area (Å²) in [4.78, 5) is 72.1. The maximum absolute atomic E-state index is 13.8. The van der Waals surface area contributed by atoms with Crippen LogP contribution in [0.3, 0.4) is 0 Å². The molecule has 0 radical (unpaired) electrons. The number of aromatic nitrogens is 3.